The van der Waals surface area contributed by atoms with Gasteiger partial charge in [0.15, 0.2) is 12.4 Å². The van der Waals surface area contributed by atoms with Crippen molar-refractivity contribution in [3.05, 3.63) is 71.0 Å². The lowest BCUT2D eigenvalue weighted by Crippen LogP contribution is -2.12. The molecule has 27 heavy (non-hydrogen) atoms. The minimum absolute atomic E-state index is 0.0594. The molecule has 1 heterocycles. The maximum absolute atomic E-state index is 12.0. The van der Waals surface area contributed by atoms with E-state index in [1.54, 1.807) is 0 Å². The second-order valence-electron chi connectivity index (χ2n) is 6.25. The molecule has 0 saturated carbocycles. The highest BCUT2D eigenvalue weighted by Gasteiger charge is 2.09. The zero-order valence-corrected chi connectivity index (χ0v) is 15.3. The summed E-state index contributed by atoms with van der Waals surface area (Å²) in [5.41, 5.74) is 9.75. The number of carbonyl (C=O) groups excluding carboxylic acids is 1. The van der Waals surface area contributed by atoms with Crippen LogP contribution in [0.2, 0.25) is 0 Å². The summed E-state index contributed by atoms with van der Waals surface area (Å²) in [5.74, 6) is 0.292. The van der Waals surface area contributed by atoms with Crippen molar-refractivity contribution in [1.82, 2.24) is 15.0 Å². The molecule has 0 unspecified atom stereocenters. The molecule has 3 rings (SSSR count). The first-order valence-electron chi connectivity index (χ1n) is 8.53. The number of carbonyl (C=O) groups is 1. The van der Waals surface area contributed by atoms with Crippen LogP contribution in [0.5, 0.6) is 0 Å². The van der Waals surface area contributed by atoms with E-state index in [-0.39, 0.29) is 30.8 Å². The number of nitrogen functional groups attached to an aromatic ring is 1. The van der Waals surface area contributed by atoms with E-state index in [0.717, 1.165) is 22.4 Å². The van der Waals surface area contributed by atoms with Gasteiger partial charge in [0.2, 0.25) is 11.9 Å². The van der Waals surface area contributed by atoms with E-state index in [0.29, 0.717) is 5.95 Å². The fourth-order valence-corrected chi connectivity index (χ4v) is 2.39. The Morgan fingerprint density at radius 1 is 0.963 bits per heavy atom. The van der Waals surface area contributed by atoms with Crippen LogP contribution < -0.4 is 11.1 Å². The normalized spacial score (nSPS) is 10.4. The Morgan fingerprint density at radius 2 is 1.59 bits per heavy atom. The number of rotatable bonds is 6. The summed E-state index contributed by atoms with van der Waals surface area (Å²) < 4.78 is 5.26. The van der Waals surface area contributed by atoms with Crippen LogP contribution in [0.25, 0.3) is 0 Å². The molecule has 2 aromatic carbocycles. The summed E-state index contributed by atoms with van der Waals surface area (Å²) in [4.78, 5) is 24.4. The Hall–Kier alpha value is -3.48. The number of anilines is 3. The Labute approximate surface area is 157 Å². The fourth-order valence-electron chi connectivity index (χ4n) is 2.39. The minimum atomic E-state index is -0.356. The predicted octanol–water partition coefficient (Wildman–Crippen LogP) is 3.10. The van der Waals surface area contributed by atoms with Gasteiger partial charge in [-0.15, -0.1) is 0 Å². The average molecular weight is 363 g/mol. The first-order valence-corrected chi connectivity index (χ1v) is 8.53. The summed E-state index contributed by atoms with van der Waals surface area (Å²) in [5, 5.41) is 3.06. The van der Waals surface area contributed by atoms with Gasteiger partial charge in [0.1, 0.15) is 0 Å². The van der Waals surface area contributed by atoms with E-state index >= 15 is 0 Å². The lowest BCUT2D eigenvalue weighted by Gasteiger charge is -2.08. The van der Waals surface area contributed by atoms with E-state index in [2.05, 4.69) is 20.3 Å². The zero-order valence-electron chi connectivity index (χ0n) is 15.3. The number of nitrogens with zero attached hydrogens (tertiary/aromatic N) is 3. The first kappa shape index (κ1) is 18.3. The Balaban J connectivity index is 1.61. The number of ether oxygens (including phenoxy) is 1. The number of nitrogens with one attached hydrogen (secondary N) is 1. The standard InChI is InChI=1S/C20H21N5O2/c1-13-3-7-15(8-4-13)11-18(26)27-12-17-23-19(21)25-20(24-17)22-16-9-5-14(2)6-10-16/h3-10H,11-12H2,1-2H3,(H3,21,22,23,24,25). The highest BCUT2D eigenvalue weighted by Crippen LogP contribution is 2.14. The fraction of sp³-hybridized carbons (Fsp3) is 0.200. The molecule has 0 bridgehead atoms. The summed E-state index contributed by atoms with van der Waals surface area (Å²) in [6, 6.07) is 15.5. The van der Waals surface area contributed by atoms with Gasteiger partial charge in [0.05, 0.1) is 6.42 Å². The molecule has 3 N–H and O–H groups in total. The van der Waals surface area contributed by atoms with Crippen LogP contribution in [-0.2, 0) is 22.6 Å². The third-order valence-electron chi connectivity index (χ3n) is 3.84. The molecule has 0 saturated heterocycles. The molecule has 7 nitrogen and oxygen atoms in total. The van der Waals surface area contributed by atoms with Crippen LogP contribution in [0.1, 0.15) is 22.5 Å². The number of aryl methyl sites for hydroxylation is 2. The second-order valence-corrected chi connectivity index (χ2v) is 6.25. The summed E-state index contributed by atoms with van der Waals surface area (Å²) >= 11 is 0. The lowest BCUT2D eigenvalue weighted by molar-refractivity contribution is -0.144. The third-order valence-corrected chi connectivity index (χ3v) is 3.84. The van der Waals surface area contributed by atoms with Gasteiger partial charge in [-0.2, -0.15) is 15.0 Å². The minimum Gasteiger partial charge on any atom is -0.457 e. The Kier molecular flexibility index (Phi) is 5.61. The van der Waals surface area contributed by atoms with Gasteiger partial charge in [-0.25, -0.2) is 0 Å². The number of nitrogens with two attached hydrogens (primary N) is 1. The molecule has 0 amide bonds. The van der Waals surface area contributed by atoms with E-state index in [9.17, 15) is 4.79 Å². The van der Waals surface area contributed by atoms with E-state index in [1.807, 2.05) is 62.4 Å². The maximum Gasteiger partial charge on any atom is 0.310 e. The molecule has 0 radical (unpaired) electrons. The molecule has 138 valence electrons. The van der Waals surface area contributed by atoms with Crippen LogP contribution in [0.4, 0.5) is 17.6 Å². The second kappa shape index (κ2) is 8.27. The summed E-state index contributed by atoms with van der Waals surface area (Å²) in [6.45, 7) is 3.93. The van der Waals surface area contributed by atoms with Crippen molar-refractivity contribution in [2.75, 3.05) is 11.1 Å². The third kappa shape index (κ3) is 5.50. The van der Waals surface area contributed by atoms with Crippen LogP contribution in [0.15, 0.2) is 48.5 Å². The topological polar surface area (TPSA) is 103 Å². The number of hydrogen-bond donors (Lipinski definition) is 2. The smallest absolute Gasteiger partial charge is 0.310 e. The molecule has 3 aromatic rings. The molecule has 0 aliphatic rings. The quantitative estimate of drug-likeness (QED) is 0.649. The van der Waals surface area contributed by atoms with E-state index < -0.39 is 0 Å². The van der Waals surface area contributed by atoms with E-state index in [4.69, 9.17) is 10.5 Å². The van der Waals surface area contributed by atoms with Crippen molar-refractivity contribution in [2.24, 2.45) is 0 Å². The highest BCUT2D eigenvalue weighted by atomic mass is 16.5. The van der Waals surface area contributed by atoms with Gasteiger partial charge < -0.3 is 15.8 Å². The molecule has 0 spiro atoms. The highest BCUT2D eigenvalue weighted by molar-refractivity contribution is 5.72. The summed E-state index contributed by atoms with van der Waals surface area (Å²) in [6.07, 6.45) is 0.190. The van der Waals surface area contributed by atoms with Gasteiger partial charge in [-0.1, -0.05) is 47.5 Å². The Morgan fingerprint density at radius 3 is 2.26 bits per heavy atom. The van der Waals surface area contributed by atoms with Crippen molar-refractivity contribution in [1.29, 1.82) is 0 Å². The van der Waals surface area contributed by atoms with E-state index in [1.165, 1.54) is 0 Å². The molecule has 0 aliphatic carbocycles. The van der Waals surface area contributed by atoms with Gasteiger partial charge in [-0.05, 0) is 31.5 Å². The average Bonchev–Trinajstić information content (AvgIpc) is 2.63. The molecule has 1 aromatic heterocycles. The number of aromatic nitrogens is 3. The first-order chi connectivity index (χ1) is 13.0. The van der Waals surface area contributed by atoms with Gasteiger partial charge >= 0.3 is 5.97 Å². The van der Waals surface area contributed by atoms with Crippen LogP contribution in [0, 0.1) is 13.8 Å². The predicted molar refractivity (Wildman–Crippen MR) is 103 cm³/mol. The zero-order chi connectivity index (χ0) is 19.2. The lowest BCUT2D eigenvalue weighted by atomic mass is 10.1. The largest absolute Gasteiger partial charge is 0.457 e. The molecular formula is C20H21N5O2. The maximum atomic E-state index is 12.0. The SMILES string of the molecule is Cc1ccc(CC(=O)OCc2nc(N)nc(Nc3ccc(C)cc3)n2)cc1. The van der Waals surface area contributed by atoms with Crippen LogP contribution >= 0.6 is 0 Å². The van der Waals surface area contributed by atoms with Crippen molar-refractivity contribution in [3.63, 3.8) is 0 Å². The molecule has 7 heteroatoms. The van der Waals surface area contributed by atoms with Crippen molar-refractivity contribution in [3.8, 4) is 0 Å². The van der Waals surface area contributed by atoms with Crippen LogP contribution in [0.3, 0.4) is 0 Å². The number of hydrogen-bond acceptors (Lipinski definition) is 7. The van der Waals surface area contributed by atoms with Gasteiger partial charge in [0.25, 0.3) is 0 Å². The van der Waals surface area contributed by atoms with Crippen molar-refractivity contribution >= 4 is 23.6 Å². The van der Waals surface area contributed by atoms with Gasteiger partial charge in [-0.3, -0.25) is 4.79 Å². The van der Waals surface area contributed by atoms with Crippen molar-refractivity contribution in [2.45, 2.75) is 26.9 Å². The van der Waals surface area contributed by atoms with Crippen molar-refractivity contribution < 1.29 is 9.53 Å². The van der Waals surface area contributed by atoms with Gasteiger partial charge in [0, 0.05) is 5.69 Å². The molecule has 0 fully saturated rings. The molecular weight excluding hydrogens is 342 g/mol. The van der Waals surface area contributed by atoms with Crippen LogP contribution in [-0.4, -0.2) is 20.9 Å². The number of benzene rings is 2. The summed E-state index contributed by atoms with van der Waals surface area (Å²) in [7, 11) is 0. The monoisotopic (exact) mass is 363 g/mol. The molecule has 0 atom stereocenters. The number of esters is 1. The molecule has 0 aliphatic heterocycles. The Bertz CT molecular complexity index is 924.